The molecule has 0 radical (unpaired) electrons. The van der Waals surface area contributed by atoms with E-state index >= 15 is 0 Å². The first-order chi connectivity index (χ1) is 27.1. The fraction of sp³-hybridized carbons (Fsp3) is 0. The predicted octanol–water partition coefficient (Wildman–Crippen LogP) is 14.8. The van der Waals surface area contributed by atoms with Gasteiger partial charge in [-0.2, -0.15) is 0 Å². The van der Waals surface area contributed by atoms with Gasteiger partial charge >= 0.3 is 91.4 Å². The van der Waals surface area contributed by atoms with E-state index < -0.39 is 21.6 Å². The first kappa shape index (κ1) is 46.9. The topological polar surface area (TPSA) is 115 Å². The van der Waals surface area contributed by atoms with Crippen LogP contribution in [0.2, 0.25) is 0 Å². The smallest absolute Gasteiger partial charge is 0.478 e. The summed E-state index contributed by atoms with van der Waals surface area (Å²) in [5.74, 6) is -0.950. The van der Waals surface area contributed by atoms with E-state index in [0.29, 0.717) is 10.9 Å². The standard InChI is InChI=1S/C13H8N2O2.2C12H8N2.2F6P.Ru/c16-13(17)10-7-8-3-1-5-14-11(8)12-9(10)4-2-6-15-12;2*1-3-9-5-6-10-4-2-8-14-12(10)11(9)13-7-1;2*1-7(2,3,4,5)6;/h1-7H,(H,16,17);2*1-8H;;;/q;;;2*-1;+2. The molecule has 8 nitrogen and oxygen atoms in total. The number of carboxylic acid groups (broad SMARTS) is 1. The van der Waals surface area contributed by atoms with Crippen LogP contribution in [0.5, 0.6) is 0 Å². The Kier molecular flexibility index (Phi) is 12.5. The van der Waals surface area contributed by atoms with E-state index in [0.717, 1.165) is 54.5 Å². The van der Waals surface area contributed by atoms with Gasteiger partial charge in [0, 0.05) is 69.5 Å². The van der Waals surface area contributed by atoms with E-state index in [1.807, 2.05) is 30.3 Å². The average molecular weight is 976 g/mol. The van der Waals surface area contributed by atoms with Crippen molar-refractivity contribution in [2.75, 3.05) is 0 Å². The Labute approximate surface area is 341 Å². The quantitative estimate of drug-likeness (QED) is 0.0749. The fourth-order valence-electron chi connectivity index (χ4n) is 5.31. The number of benzene rings is 3. The Morgan fingerprint density at radius 3 is 0.900 bits per heavy atom. The Morgan fingerprint density at radius 2 is 0.617 bits per heavy atom. The zero-order chi connectivity index (χ0) is 43.4. The van der Waals surface area contributed by atoms with Gasteiger partial charge in [-0.1, -0.05) is 60.7 Å². The minimum Gasteiger partial charge on any atom is -0.478 e. The van der Waals surface area contributed by atoms with Crippen LogP contribution in [0.25, 0.3) is 65.4 Å². The molecular formula is C37H24F12N6O2P2Ru. The molecule has 0 unspecified atom stereocenters. The van der Waals surface area contributed by atoms with E-state index in [1.165, 1.54) is 0 Å². The van der Waals surface area contributed by atoms with Crippen LogP contribution in [0, 0.1) is 0 Å². The van der Waals surface area contributed by atoms with Crippen LogP contribution in [-0.4, -0.2) is 41.0 Å². The number of fused-ring (bicyclic) bond motifs is 9. The number of carboxylic acids is 1. The van der Waals surface area contributed by atoms with Crippen LogP contribution >= 0.6 is 15.6 Å². The third-order valence-electron chi connectivity index (χ3n) is 7.38. The van der Waals surface area contributed by atoms with Gasteiger partial charge in [-0.05, 0) is 42.5 Å². The van der Waals surface area contributed by atoms with Gasteiger partial charge in [0.05, 0.1) is 38.7 Å². The summed E-state index contributed by atoms with van der Waals surface area (Å²) in [5, 5.41) is 15.1. The first-order valence-corrected chi connectivity index (χ1v) is 20.3. The molecule has 0 spiro atoms. The van der Waals surface area contributed by atoms with Crippen LogP contribution < -0.4 is 0 Å². The molecule has 0 fully saturated rings. The molecule has 0 aliphatic heterocycles. The molecule has 0 amide bonds. The summed E-state index contributed by atoms with van der Waals surface area (Å²) >= 11 is 0. The van der Waals surface area contributed by atoms with Crippen molar-refractivity contribution in [1.29, 1.82) is 0 Å². The molecule has 6 aromatic heterocycles. The van der Waals surface area contributed by atoms with Crippen LogP contribution in [0.1, 0.15) is 10.4 Å². The molecule has 60 heavy (non-hydrogen) atoms. The van der Waals surface area contributed by atoms with E-state index in [1.54, 1.807) is 61.4 Å². The third-order valence-corrected chi connectivity index (χ3v) is 7.38. The summed E-state index contributed by atoms with van der Waals surface area (Å²) in [6, 6.07) is 33.0. The fourth-order valence-corrected chi connectivity index (χ4v) is 5.31. The van der Waals surface area contributed by atoms with Crippen molar-refractivity contribution >= 4 is 87.0 Å². The van der Waals surface area contributed by atoms with Gasteiger partial charge in [0.2, 0.25) is 0 Å². The van der Waals surface area contributed by atoms with Crippen molar-refractivity contribution in [2.45, 2.75) is 0 Å². The molecule has 6 heterocycles. The summed E-state index contributed by atoms with van der Waals surface area (Å²) in [6.07, 6.45) is 10.5. The monoisotopic (exact) mass is 976 g/mol. The maximum atomic E-state index is 11.2. The molecule has 9 aromatic rings. The second-order valence-corrected chi connectivity index (χ2v) is 15.9. The predicted molar refractivity (Wildman–Crippen MR) is 205 cm³/mol. The minimum absolute atomic E-state index is 0. The second-order valence-electron chi connectivity index (χ2n) is 12.1. The molecule has 3 aromatic carbocycles. The first-order valence-electron chi connectivity index (χ1n) is 16.2. The molecule has 23 heteroatoms. The Bertz CT molecular complexity index is 2740. The Balaban J connectivity index is 0.000000172. The summed E-state index contributed by atoms with van der Waals surface area (Å²) < 4.78 is 118. The Hall–Kier alpha value is -5.77. The van der Waals surface area contributed by atoms with Gasteiger partial charge in [0.1, 0.15) is 0 Å². The Morgan fingerprint density at radius 1 is 0.383 bits per heavy atom. The second kappa shape index (κ2) is 16.0. The van der Waals surface area contributed by atoms with Gasteiger partial charge in [0.15, 0.2) is 0 Å². The van der Waals surface area contributed by atoms with Crippen molar-refractivity contribution < 1.29 is 79.7 Å². The maximum Gasteiger partial charge on any atom is 2.00 e. The van der Waals surface area contributed by atoms with E-state index in [-0.39, 0.29) is 25.0 Å². The normalized spacial score (nSPS) is 13.5. The molecule has 0 aliphatic rings. The summed E-state index contributed by atoms with van der Waals surface area (Å²) in [4.78, 5) is 37.1. The van der Waals surface area contributed by atoms with Crippen LogP contribution in [-0.2, 0) is 19.5 Å². The zero-order valence-corrected chi connectivity index (χ0v) is 33.1. The van der Waals surface area contributed by atoms with Crippen molar-refractivity contribution in [3.8, 4) is 0 Å². The van der Waals surface area contributed by atoms with Gasteiger partial charge in [-0.3, -0.25) is 29.9 Å². The number of hydrogen-bond donors (Lipinski definition) is 1. The number of carbonyl (C=O) groups is 1. The molecule has 9 rings (SSSR count). The van der Waals surface area contributed by atoms with Crippen molar-refractivity contribution in [1.82, 2.24) is 29.9 Å². The van der Waals surface area contributed by atoms with Crippen LogP contribution in [0.15, 0.2) is 140 Å². The van der Waals surface area contributed by atoms with E-state index in [4.69, 9.17) is 0 Å². The number of aromatic nitrogens is 6. The van der Waals surface area contributed by atoms with Crippen molar-refractivity contribution in [2.24, 2.45) is 0 Å². The van der Waals surface area contributed by atoms with Crippen LogP contribution in [0.3, 0.4) is 0 Å². The number of aromatic carboxylic acids is 1. The van der Waals surface area contributed by atoms with Gasteiger partial charge in [0.25, 0.3) is 0 Å². The molecule has 0 saturated carbocycles. The average Bonchev–Trinajstić information content (AvgIpc) is 3.15. The molecule has 316 valence electrons. The largest absolute Gasteiger partial charge is 2.00 e. The SMILES string of the molecule is F[P-](F)(F)(F)(F)F.F[P-](F)(F)(F)(F)F.O=C(O)c1cc2cccnc2c2ncccc12.[Ru+2].c1cnc2c(c1)ccc1cccnc12.c1cnc2c(c1)ccc1cccnc12. The molecule has 0 atom stereocenters. The molecular weight excluding hydrogens is 951 g/mol. The van der Waals surface area contributed by atoms with Gasteiger partial charge < -0.3 is 5.11 Å². The number of hydrogen-bond acceptors (Lipinski definition) is 7. The minimum atomic E-state index is -10.7. The van der Waals surface area contributed by atoms with Crippen molar-refractivity contribution in [3.05, 3.63) is 146 Å². The van der Waals surface area contributed by atoms with Gasteiger partial charge in [-0.25, -0.2) is 4.79 Å². The molecule has 1 N–H and O–H groups in total. The number of nitrogens with zero attached hydrogens (tertiary/aromatic N) is 6. The third kappa shape index (κ3) is 15.4. The van der Waals surface area contributed by atoms with Crippen LogP contribution in [0.4, 0.5) is 50.4 Å². The molecule has 0 aliphatic carbocycles. The zero-order valence-electron chi connectivity index (χ0n) is 29.6. The van der Waals surface area contributed by atoms with Gasteiger partial charge in [-0.15, -0.1) is 0 Å². The van der Waals surface area contributed by atoms with E-state index in [9.17, 15) is 60.3 Å². The summed E-state index contributed by atoms with van der Waals surface area (Å²) in [6.45, 7) is 0. The van der Waals surface area contributed by atoms with Crippen molar-refractivity contribution in [3.63, 3.8) is 0 Å². The molecule has 0 saturated heterocycles. The maximum absolute atomic E-state index is 11.2. The number of pyridine rings is 6. The molecule has 0 bridgehead atoms. The summed E-state index contributed by atoms with van der Waals surface area (Å²) in [5.41, 5.74) is 5.53. The number of rotatable bonds is 1. The summed E-state index contributed by atoms with van der Waals surface area (Å²) in [7, 11) is -21.3. The number of halogens is 12. The van der Waals surface area contributed by atoms with E-state index in [2.05, 4.69) is 78.4 Å².